The molecule has 0 aromatic heterocycles. The van der Waals surface area contributed by atoms with E-state index in [1.54, 1.807) is 19.2 Å². The van der Waals surface area contributed by atoms with Gasteiger partial charge in [0.1, 0.15) is 6.04 Å². The number of sulfone groups is 1. The highest BCUT2D eigenvalue weighted by molar-refractivity contribution is 7.91. The molecule has 0 unspecified atom stereocenters. The minimum Gasteiger partial charge on any atom is -0.340 e. The summed E-state index contributed by atoms with van der Waals surface area (Å²) >= 11 is 0. The Morgan fingerprint density at radius 3 is 2.17 bits per heavy atom. The van der Waals surface area contributed by atoms with Crippen molar-refractivity contribution in [2.24, 2.45) is 0 Å². The molecule has 0 spiro atoms. The molecule has 160 valence electrons. The van der Waals surface area contributed by atoms with Crippen molar-refractivity contribution in [3.63, 3.8) is 0 Å². The molecule has 8 heteroatoms. The van der Waals surface area contributed by atoms with Crippen LogP contribution in [-0.4, -0.2) is 69.4 Å². The number of hydrogen-bond donors (Lipinski definition) is 2. The lowest BCUT2D eigenvalue weighted by Crippen LogP contribution is -2.53. The van der Waals surface area contributed by atoms with Crippen LogP contribution in [0.5, 0.6) is 0 Å². The van der Waals surface area contributed by atoms with Gasteiger partial charge in [-0.05, 0) is 43.3 Å². The zero-order valence-corrected chi connectivity index (χ0v) is 17.8. The van der Waals surface area contributed by atoms with Gasteiger partial charge in [-0.15, -0.1) is 0 Å². The van der Waals surface area contributed by atoms with Crippen molar-refractivity contribution in [2.75, 3.05) is 38.2 Å². The van der Waals surface area contributed by atoms with Crippen molar-refractivity contribution < 1.29 is 18.0 Å². The predicted molar refractivity (Wildman–Crippen MR) is 117 cm³/mol. The van der Waals surface area contributed by atoms with Gasteiger partial charge in [0.2, 0.25) is 5.91 Å². The Balaban J connectivity index is 1.68. The average molecular weight is 430 g/mol. The van der Waals surface area contributed by atoms with E-state index >= 15 is 0 Å². The lowest BCUT2D eigenvalue weighted by molar-refractivity contribution is -0.133. The molecule has 2 N–H and O–H groups in total. The van der Waals surface area contributed by atoms with Gasteiger partial charge in [0, 0.05) is 18.7 Å². The Hall–Kier alpha value is -2.71. The number of hydrogen-bond acceptors (Lipinski definition) is 5. The third kappa shape index (κ3) is 5.67. The lowest BCUT2D eigenvalue weighted by Gasteiger charge is -2.30. The van der Waals surface area contributed by atoms with Crippen molar-refractivity contribution in [1.29, 1.82) is 0 Å². The minimum absolute atomic E-state index is 0.0353. The zero-order chi connectivity index (χ0) is 21.6. The van der Waals surface area contributed by atoms with Gasteiger partial charge in [-0.25, -0.2) is 8.42 Å². The molecule has 0 aliphatic carbocycles. The molecular formula is C22H27N3O4S. The monoisotopic (exact) mass is 429 g/mol. The van der Waals surface area contributed by atoms with Crippen molar-refractivity contribution in [2.45, 2.75) is 12.5 Å². The molecule has 1 aliphatic rings. The first kappa shape index (κ1) is 22.0. The summed E-state index contributed by atoms with van der Waals surface area (Å²) in [7, 11) is -1.30. The highest BCUT2D eigenvalue weighted by Crippen LogP contribution is 2.19. The predicted octanol–water partition coefficient (Wildman–Crippen LogP) is 1.32. The molecule has 0 bridgehead atoms. The van der Waals surface area contributed by atoms with Crippen molar-refractivity contribution in [3.05, 3.63) is 60.2 Å². The van der Waals surface area contributed by atoms with Gasteiger partial charge in [-0.1, -0.05) is 42.5 Å². The van der Waals surface area contributed by atoms with Gasteiger partial charge in [0.15, 0.2) is 9.84 Å². The van der Waals surface area contributed by atoms with Crippen LogP contribution in [0.25, 0.3) is 11.1 Å². The standard InChI is InChI=1S/C22H27N3O4S/c1-23-12-11-20(22(27)25-13-15-30(28,29)16-14-25)24-21(26)19-9-7-18(8-10-19)17-5-3-2-4-6-17/h2-10,20,23H,11-16H2,1H3,(H,24,26)/t20-/m0/s1. The van der Waals surface area contributed by atoms with E-state index in [0.717, 1.165) is 11.1 Å². The third-order valence-electron chi connectivity index (χ3n) is 5.20. The van der Waals surface area contributed by atoms with E-state index in [9.17, 15) is 18.0 Å². The van der Waals surface area contributed by atoms with Crippen LogP contribution < -0.4 is 10.6 Å². The van der Waals surface area contributed by atoms with Gasteiger partial charge >= 0.3 is 0 Å². The fourth-order valence-corrected chi connectivity index (χ4v) is 4.59. The molecule has 0 radical (unpaired) electrons. The van der Waals surface area contributed by atoms with Gasteiger partial charge in [0.25, 0.3) is 5.91 Å². The van der Waals surface area contributed by atoms with Crippen LogP contribution in [0.2, 0.25) is 0 Å². The zero-order valence-electron chi connectivity index (χ0n) is 17.0. The summed E-state index contributed by atoms with van der Waals surface area (Å²) in [5.41, 5.74) is 2.54. The molecular weight excluding hydrogens is 402 g/mol. The SMILES string of the molecule is CNCC[C@H](NC(=O)c1ccc(-c2ccccc2)cc1)C(=O)N1CCS(=O)(=O)CC1. The molecule has 1 fully saturated rings. The number of carbonyl (C=O) groups excluding carboxylic acids is 2. The van der Waals surface area contributed by atoms with E-state index in [1.807, 2.05) is 42.5 Å². The minimum atomic E-state index is -3.08. The van der Waals surface area contributed by atoms with E-state index in [2.05, 4.69) is 10.6 Å². The number of amides is 2. The lowest BCUT2D eigenvalue weighted by atomic mass is 10.0. The summed E-state index contributed by atoms with van der Waals surface area (Å²) in [4.78, 5) is 27.2. The number of rotatable bonds is 7. The van der Waals surface area contributed by atoms with E-state index in [4.69, 9.17) is 0 Å². The maximum Gasteiger partial charge on any atom is 0.251 e. The van der Waals surface area contributed by atoms with Crippen LogP contribution in [0, 0.1) is 0 Å². The molecule has 1 aliphatic heterocycles. The first-order valence-electron chi connectivity index (χ1n) is 10.00. The van der Waals surface area contributed by atoms with Crippen molar-refractivity contribution in [1.82, 2.24) is 15.5 Å². The summed E-state index contributed by atoms with van der Waals surface area (Å²) < 4.78 is 23.3. The van der Waals surface area contributed by atoms with Crippen LogP contribution in [0.3, 0.4) is 0 Å². The van der Waals surface area contributed by atoms with Gasteiger partial charge in [0.05, 0.1) is 11.5 Å². The molecule has 3 rings (SSSR count). The number of carbonyl (C=O) groups is 2. The van der Waals surface area contributed by atoms with Gasteiger partial charge in [-0.3, -0.25) is 9.59 Å². The first-order valence-corrected chi connectivity index (χ1v) is 11.8. The fraction of sp³-hybridized carbons (Fsp3) is 0.364. The summed E-state index contributed by atoms with van der Waals surface area (Å²) in [6.07, 6.45) is 0.423. The maximum absolute atomic E-state index is 12.9. The number of nitrogens with one attached hydrogen (secondary N) is 2. The molecule has 2 amide bonds. The molecule has 1 atom stereocenters. The molecule has 2 aromatic carbocycles. The highest BCUT2D eigenvalue weighted by atomic mass is 32.2. The van der Waals surface area contributed by atoms with Crippen LogP contribution in [0.1, 0.15) is 16.8 Å². The van der Waals surface area contributed by atoms with Crippen molar-refractivity contribution in [3.8, 4) is 11.1 Å². The number of nitrogens with zero attached hydrogens (tertiary/aromatic N) is 1. The molecule has 0 saturated carbocycles. The quantitative estimate of drug-likeness (QED) is 0.692. The van der Waals surface area contributed by atoms with Crippen LogP contribution >= 0.6 is 0 Å². The second-order valence-corrected chi connectivity index (χ2v) is 9.64. The molecule has 7 nitrogen and oxygen atoms in total. The summed E-state index contributed by atoms with van der Waals surface area (Å²) in [5, 5.41) is 5.82. The molecule has 1 saturated heterocycles. The van der Waals surface area contributed by atoms with Crippen LogP contribution in [-0.2, 0) is 14.6 Å². The molecule has 30 heavy (non-hydrogen) atoms. The smallest absolute Gasteiger partial charge is 0.251 e. The van der Waals surface area contributed by atoms with Gasteiger partial charge < -0.3 is 15.5 Å². The van der Waals surface area contributed by atoms with E-state index < -0.39 is 15.9 Å². The maximum atomic E-state index is 12.9. The van der Waals surface area contributed by atoms with E-state index in [-0.39, 0.29) is 36.4 Å². The second-order valence-electron chi connectivity index (χ2n) is 7.34. The van der Waals surface area contributed by atoms with Crippen LogP contribution in [0.15, 0.2) is 54.6 Å². The van der Waals surface area contributed by atoms with Crippen molar-refractivity contribution >= 4 is 21.7 Å². The van der Waals surface area contributed by atoms with Crippen LogP contribution in [0.4, 0.5) is 0 Å². The molecule has 1 heterocycles. The molecule has 2 aromatic rings. The Bertz CT molecular complexity index is 961. The Kier molecular flexibility index (Phi) is 7.23. The fourth-order valence-electron chi connectivity index (χ4n) is 3.39. The summed E-state index contributed by atoms with van der Waals surface area (Å²) in [6.45, 7) is 0.882. The number of benzene rings is 2. The largest absolute Gasteiger partial charge is 0.340 e. The Morgan fingerprint density at radius 2 is 1.57 bits per heavy atom. The normalized spacial score (nSPS) is 16.6. The second kappa shape index (κ2) is 9.86. The summed E-state index contributed by atoms with van der Waals surface area (Å²) in [5.74, 6) is -0.637. The highest BCUT2D eigenvalue weighted by Gasteiger charge is 2.30. The van der Waals surface area contributed by atoms with E-state index in [1.165, 1.54) is 4.90 Å². The Labute approximate surface area is 177 Å². The third-order valence-corrected chi connectivity index (χ3v) is 6.81. The average Bonchev–Trinajstić information content (AvgIpc) is 2.76. The van der Waals surface area contributed by atoms with E-state index in [0.29, 0.717) is 18.5 Å². The first-order chi connectivity index (χ1) is 14.4. The summed E-state index contributed by atoms with van der Waals surface area (Å²) in [6, 6.07) is 16.4. The Morgan fingerprint density at radius 1 is 0.967 bits per heavy atom. The topological polar surface area (TPSA) is 95.6 Å². The van der Waals surface area contributed by atoms with Gasteiger partial charge in [-0.2, -0.15) is 0 Å².